The zero-order valence-corrected chi connectivity index (χ0v) is 17.5. The number of pyridine rings is 2. The van der Waals surface area contributed by atoms with Crippen LogP contribution >= 0.6 is 0 Å². The van der Waals surface area contributed by atoms with Gasteiger partial charge in [0.2, 0.25) is 5.91 Å². The molecule has 1 spiro atoms. The summed E-state index contributed by atoms with van der Waals surface area (Å²) in [7, 11) is 1.48. The summed E-state index contributed by atoms with van der Waals surface area (Å²) in [5.74, 6) is 1.03. The van der Waals surface area contributed by atoms with Gasteiger partial charge in [0.05, 0.1) is 13.3 Å². The Morgan fingerprint density at radius 2 is 1.93 bits per heavy atom. The number of amides is 1. The monoisotopic (exact) mass is 416 g/mol. The summed E-state index contributed by atoms with van der Waals surface area (Å²) in [4.78, 5) is 25.6. The van der Waals surface area contributed by atoms with Crippen LogP contribution < -0.4 is 9.64 Å². The Labute approximate surface area is 174 Å². The molecular weight excluding hydrogens is 390 g/mol. The summed E-state index contributed by atoms with van der Waals surface area (Å²) in [5, 5.41) is 0. The van der Waals surface area contributed by atoms with Crippen molar-refractivity contribution >= 4 is 11.7 Å². The van der Waals surface area contributed by atoms with Crippen LogP contribution in [0.5, 0.6) is 5.75 Å². The molecule has 2 fully saturated rings. The number of rotatable bonds is 6. The molecule has 6 nitrogen and oxygen atoms in total. The summed E-state index contributed by atoms with van der Waals surface area (Å²) >= 11 is 0. The van der Waals surface area contributed by atoms with Crippen LogP contribution in [0.3, 0.4) is 0 Å². The van der Waals surface area contributed by atoms with E-state index < -0.39 is 12.0 Å². The lowest BCUT2D eigenvalue weighted by molar-refractivity contribution is -0.127. The lowest BCUT2D eigenvalue weighted by atomic mass is 10.0. The fraction of sp³-hybridized carbons (Fsp3) is 0.500. The molecule has 30 heavy (non-hydrogen) atoms. The number of methoxy groups -OCH3 is 1. The van der Waals surface area contributed by atoms with Crippen LogP contribution in [-0.4, -0.2) is 53.1 Å². The molecule has 1 saturated heterocycles. The molecule has 1 aliphatic heterocycles. The second kappa shape index (κ2) is 7.91. The van der Waals surface area contributed by atoms with Gasteiger partial charge in [0.15, 0.2) is 0 Å². The van der Waals surface area contributed by atoms with E-state index in [1.165, 1.54) is 19.4 Å². The molecule has 1 aliphatic carbocycles. The summed E-state index contributed by atoms with van der Waals surface area (Å²) in [6.07, 6.45) is 3.06. The van der Waals surface area contributed by atoms with E-state index in [1.54, 1.807) is 17.2 Å². The van der Waals surface area contributed by atoms with Crippen molar-refractivity contribution in [3.63, 3.8) is 0 Å². The van der Waals surface area contributed by atoms with Crippen molar-refractivity contribution in [3.8, 4) is 16.9 Å². The van der Waals surface area contributed by atoms with Gasteiger partial charge in [-0.05, 0) is 56.0 Å². The number of carbonyl (C=O) groups is 1. The van der Waals surface area contributed by atoms with Crippen molar-refractivity contribution in [2.75, 3.05) is 31.6 Å². The van der Waals surface area contributed by atoms with Gasteiger partial charge in [0, 0.05) is 24.8 Å². The molecule has 3 heterocycles. The van der Waals surface area contributed by atoms with Crippen LogP contribution in [0.15, 0.2) is 24.5 Å². The minimum atomic E-state index is -2.68. The number of piperazine rings is 1. The highest BCUT2D eigenvalue weighted by Crippen LogP contribution is 2.46. The third-order valence-electron chi connectivity index (χ3n) is 6.05. The van der Waals surface area contributed by atoms with E-state index in [1.807, 2.05) is 6.92 Å². The lowest BCUT2D eigenvalue weighted by Gasteiger charge is -2.40. The van der Waals surface area contributed by atoms with Gasteiger partial charge in [-0.2, -0.15) is 0 Å². The van der Waals surface area contributed by atoms with E-state index in [-0.39, 0.29) is 11.6 Å². The molecule has 1 saturated carbocycles. The summed E-state index contributed by atoms with van der Waals surface area (Å²) in [6.45, 7) is 6.26. The highest BCUT2D eigenvalue weighted by Gasteiger charge is 2.58. The molecule has 0 N–H and O–H groups in total. The number of hydrogen-bond donors (Lipinski definition) is 0. The topological polar surface area (TPSA) is 58.6 Å². The Morgan fingerprint density at radius 3 is 2.57 bits per heavy atom. The highest BCUT2D eigenvalue weighted by molar-refractivity contribution is 6.03. The maximum Gasteiger partial charge on any atom is 0.280 e. The quantitative estimate of drug-likeness (QED) is 0.713. The third-order valence-corrected chi connectivity index (χ3v) is 6.05. The number of nitrogens with zero attached hydrogens (tertiary/aromatic N) is 4. The second-order valence-electron chi connectivity index (χ2n) is 7.94. The van der Waals surface area contributed by atoms with Crippen molar-refractivity contribution in [2.24, 2.45) is 0 Å². The van der Waals surface area contributed by atoms with Crippen molar-refractivity contribution in [1.82, 2.24) is 14.9 Å². The number of halogens is 2. The predicted octanol–water partition coefficient (Wildman–Crippen LogP) is 3.99. The fourth-order valence-electron chi connectivity index (χ4n) is 4.29. The van der Waals surface area contributed by atoms with Gasteiger partial charge in [-0.25, -0.2) is 13.8 Å². The minimum absolute atomic E-state index is 0.0828. The molecule has 0 atom stereocenters. The first-order chi connectivity index (χ1) is 14.4. The first-order valence-corrected chi connectivity index (χ1v) is 10.3. The van der Waals surface area contributed by atoms with E-state index in [2.05, 4.69) is 21.8 Å². The van der Waals surface area contributed by atoms with E-state index in [4.69, 9.17) is 4.74 Å². The number of aromatic nitrogens is 2. The maximum absolute atomic E-state index is 13.3. The minimum Gasteiger partial charge on any atom is -0.494 e. The maximum atomic E-state index is 13.3. The van der Waals surface area contributed by atoms with Gasteiger partial charge >= 0.3 is 0 Å². The molecule has 2 aromatic heterocycles. The highest BCUT2D eigenvalue weighted by atomic mass is 19.3. The Morgan fingerprint density at radius 1 is 1.17 bits per heavy atom. The molecule has 1 amide bonds. The average Bonchev–Trinajstić information content (AvgIpc) is 3.54. The molecule has 4 rings (SSSR count). The predicted molar refractivity (Wildman–Crippen MR) is 110 cm³/mol. The fourth-order valence-corrected chi connectivity index (χ4v) is 4.29. The molecule has 0 unspecified atom stereocenters. The number of carbonyl (C=O) groups excluding carboxylic acids is 1. The van der Waals surface area contributed by atoms with Crippen LogP contribution in [-0.2, 0) is 4.79 Å². The van der Waals surface area contributed by atoms with Gasteiger partial charge in [0.1, 0.15) is 22.8 Å². The van der Waals surface area contributed by atoms with Crippen molar-refractivity contribution < 1.29 is 18.3 Å². The van der Waals surface area contributed by atoms with Crippen LogP contribution in [0.25, 0.3) is 11.1 Å². The molecular formula is C22H26F2N4O2. The summed E-state index contributed by atoms with van der Waals surface area (Å²) < 4.78 is 31.8. The van der Waals surface area contributed by atoms with Crippen LogP contribution in [0.2, 0.25) is 0 Å². The normalized spacial score (nSPS) is 18.3. The standard InChI is InChI=1S/C22H26F2N4O2/c1-4-7-27-8-9-28(21(29)22(27)5-6-22)19-11-15(14(2)12-26-19)16-10-17(20(23)24)25-13-18(16)30-3/h10-13,20H,4-9H2,1-3H3. The number of aryl methyl sites for hydroxylation is 1. The van der Waals surface area contributed by atoms with E-state index in [0.717, 1.165) is 37.9 Å². The molecule has 8 heteroatoms. The number of ether oxygens (including phenoxy) is 1. The zero-order chi connectivity index (χ0) is 21.5. The molecule has 0 radical (unpaired) electrons. The van der Waals surface area contributed by atoms with Crippen molar-refractivity contribution in [2.45, 2.75) is 45.1 Å². The third kappa shape index (κ3) is 3.43. The van der Waals surface area contributed by atoms with E-state index in [9.17, 15) is 13.6 Å². The lowest BCUT2D eigenvalue weighted by Crippen LogP contribution is -2.59. The Balaban J connectivity index is 1.72. The molecule has 0 aromatic carbocycles. The molecule has 2 aromatic rings. The van der Waals surface area contributed by atoms with Crippen LogP contribution in [0, 0.1) is 6.92 Å². The number of anilines is 1. The SMILES string of the molecule is CCCN1CCN(c2cc(-c3cc(C(F)F)ncc3OC)c(C)cn2)C(=O)C12CC2. The molecule has 0 bridgehead atoms. The Hall–Kier alpha value is -2.61. The smallest absolute Gasteiger partial charge is 0.280 e. The van der Waals surface area contributed by atoms with Gasteiger partial charge in [-0.3, -0.25) is 19.6 Å². The van der Waals surface area contributed by atoms with Gasteiger partial charge in [-0.15, -0.1) is 0 Å². The van der Waals surface area contributed by atoms with E-state index >= 15 is 0 Å². The summed E-state index contributed by atoms with van der Waals surface area (Å²) in [6, 6.07) is 3.14. The van der Waals surface area contributed by atoms with Gasteiger partial charge < -0.3 is 4.74 Å². The first kappa shape index (κ1) is 20.7. The van der Waals surface area contributed by atoms with Crippen molar-refractivity contribution in [3.05, 3.63) is 35.8 Å². The van der Waals surface area contributed by atoms with Gasteiger partial charge in [-0.1, -0.05) is 6.92 Å². The van der Waals surface area contributed by atoms with Crippen LogP contribution in [0.4, 0.5) is 14.6 Å². The molecule has 2 aliphatic rings. The Kier molecular flexibility index (Phi) is 5.44. The van der Waals surface area contributed by atoms with Gasteiger partial charge in [0.25, 0.3) is 6.43 Å². The second-order valence-corrected chi connectivity index (χ2v) is 7.94. The zero-order valence-electron chi connectivity index (χ0n) is 17.5. The average molecular weight is 416 g/mol. The number of hydrogen-bond acceptors (Lipinski definition) is 5. The van der Waals surface area contributed by atoms with E-state index in [0.29, 0.717) is 29.2 Å². The van der Waals surface area contributed by atoms with Crippen LogP contribution in [0.1, 0.15) is 43.9 Å². The largest absolute Gasteiger partial charge is 0.494 e. The number of alkyl halides is 2. The summed E-state index contributed by atoms with van der Waals surface area (Å²) in [5.41, 5.74) is 1.32. The first-order valence-electron chi connectivity index (χ1n) is 10.3. The molecule has 160 valence electrons. The van der Waals surface area contributed by atoms with Crippen molar-refractivity contribution in [1.29, 1.82) is 0 Å². The Bertz CT molecular complexity index is 962.